The van der Waals surface area contributed by atoms with Gasteiger partial charge in [-0.1, -0.05) is 6.92 Å². The van der Waals surface area contributed by atoms with E-state index in [0.717, 1.165) is 31.8 Å². The van der Waals surface area contributed by atoms with Crippen molar-refractivity contribution in [3.05, 3.63) is 0 Å². The number of rotatable bonds is 1. The van der Waals surface area contributed by atoms with E-state index in [1.54, 1.807) is 0 Å². The van der Waals surface area contributed by atoms with Gasteiger partial charge < -0.3 is 20.3 Å². The quantitative estimate of drug-likeness (QED) is 0.757. The fraction of sp³-hybridized carbons (Fsp3) is 0.923. The molecule has 2 fully saturated rings. The fourth-order valence-corrected chi connectivity index (χ4v) is 2.73. The standard InChI is InChI=1S/C13H25N3O2/c1-10-3-5-15(6-4-10)13(17)16-8-11(2)18-12(7-14)9-16/h10-12H,3-9,14H2,1-2H3. The largest absolute Gasteiger partial charge is 0.370 e. The zero-order chi connectivity index (χ0) is 13.1. The molecule has 0 aromatic rings. The second kappa shape index (κ2) is 5.89. The van der Waals surface area contributed by atoms with E-state index in [9.17, 15) is 4.79 Å². The normalized spacial score (nSPS) is 30.6. The average Bonchev–Trinajstić information content (AvgIpc) is 2.38. The van der Waals surface area contributed by atoms with Gasteiger partial charge in [-0.15, -0.1) is 0 Å². The summed E-state index contributed by atoms with van der Waals surface area (Å²) in [6.07, 6.45) is 2.30. The smallest absolute Gasteiger partial charge is 0.320 e. The third-order valence-corrected chi connectivity index (χ3v) is 3.91. The molecular formula is C13H25N3O2. The molecular weight excluding hydrogens is 230 g/mol. The van der Waals surface area contributed by atoms with E-state index in [-0.39, 0.29) is 18.2 Å². The predicted octanol–water partition coefficient (Wildman–Crippen LogP) is 0.886. The number of urea groups is 1. The minimum absolute atomic E-state index is 0.0126. The summed E-state index contributed by atoms with van der Waals surface area (Å²) in [4.78, 5) is 16.3. The molecule has 0 spiro atoms. The maximum absolute atomic E-state index is 12.4. The maximum Gasteiger partial charge on any atom is 0.320 e. The number of ether oxygens (including phenoxy) is 1. The Labute approximate surface area is 109 Å². The minimum atomic E-state index is -0.0126. The highest BCUT2D eigenvalue weighted by atomic mass is 16.5. The van der Waals surface area contributed by atoms with E-state index in [4.69, 9.17) is 10.5 Å². The minimum Gasteiger partial charge on any atom is -0.370 e. The molecule has 0 aromatic heterocycles. The van der Waals surface area contributed by atoms with Gasteiger partial charge in [0.2, 0.25) is 0 Å². The first-order valence-electron chi connectivity index (χ1n) is 6.99. The molecule has 2 heterocycles. The molecule has 2 amide bonds. The first-order valence-corrected chi connectivity index (χ1v) is 6.99. The fourth-order valence-electron chi connectivity index (χ4n) is 2.73. The Morgan fingerprint density at radius 1 is 1.22 bits per heavy atom. The van der Waals surface area contributed by atoms with Gasteiger partial charge in [0.05, 0.1) is 12.2 Å². The Balaban J connectivity index is 1.91. The lowest BCUT2D eigenvalue weighted by molar-refractivity contribution is -0.0629. The molecule has 2 atom stereocenters. The summed E-state index contributed by atoms with van der Waals surface area (Å²) in [7, 11) is 0. The van der Waals surface area contributed by atoms with Gasteiger partial charge in [-0.05, 0) is 25.7 Å². The second-order valence-electron chi connectivity index (χ2n) is 5.66. The number of morpholine rings is 1. The van der Waals surface area contributed by atoms with Crippen LogP contribution in [0.4, 0.5) is 4.79 Å². The molecule has 2 aliphatic rings. The zero-order valence-electron chi connectivity index (χ0n) is 11.5. The molecule has 5 heteroatoms. The molecule has 2 saturated heterocycles. The third kappa shape index (κ3) is 3.14. The highest BCUT2D eigenvalue weighted by Crippen LogP contribution is 2.19. The van der Waals surface area contributed by atoms with Crippen LogP contribution in [-0.2, 0) is 4.74 Å². The number of piperidine rings is 1. The monoisotopic (exact) mass is 255 g/mol. The lowest BCUT2D eigenvalue weighted by Gasteiger charge is -2.40. The van der Waals surface area contributed by atoms with Gasteiger partial charge in [-0.3, -0.25) is 0 Å². The maximum atomic E-state index is 12.4. The van der Waals surface area contributed by atoms with Crippen LogP contribution in [-0.4, -0.2) is 60.8 Å². The van der Waals surface area contributed by atoms with E-state index in [0.29, 0.717) is 19.6 Å². The van der Waals surface area contributed by atoms with Gasteiger partial charge >= 0.3 is 6.03 Å². The number of hydrogen-bond donors (Lipinski definition) is 1. The molecule has 18 heavy (non-hydrogen) atoms. The van der Waals surface area contributed by atoms with Crippen LogP contribution in [0.5, 0.6) is 0 Å². The van der Waals surface area contributed by atoms with Crippen molar-refractivity contribution in [3.8, 4) is 0 Å². The molecule has 0 aromatic carbocycles. The van der Waals surface area contributed by atoms with Crippen molar-refractivity contribution in [2.24, 2.45) is 11.7 Å². The van der Waals surface area contributed by atoms with Crippen LogP contribution in [0.1, 0.15) is 26.7 Å². The number of carbonyl (C=O) groups excluding carboxylic acids is 1. The Morgan fingerprint density at radius 2 is 1.89 bits per heavy atom. The number of nitrogens with two attached hydrogens (primary N) is 1. The highest BCUT2D eigenvalue weighted by molar-refractivity contribution is 5.74. The van der Waals surface area contributed by atoms with Gasteiger partial charge in [0.15, 0.2) is 0 Å². The Bertz CT molecular complexity index is 290. The van der Waals surface area contributed by atoms with Crippen molar-refractivity contribution in [2.45, 2.75) is 38.9 Å². The van der Waals surface area contributed by atoms with Crippen LogP contribution in [0.2, 0.25) is 0 Å². The number of amides is 2. The zero-order valence-corrected chi connectivity index (χ0v) is 11.5. The Kier molecular flexibility index (Phi) is 4.45. The van der Waals surface area contributed by atoms with Crippen LogP contribution < -0.4 is 5.73 Å². The Morgan fingerprint density at radius 3 is 2.50 bits per heavy atom. The molecule has 2 unspecified atom stereocenters. The van der Waals surface area contributed by atoms with Crippen LogP contribution in [0.15, 0.2) is 0 Å². The van der Waals surface area contributed by atoms with E-state index in [2.05, 4.69) is 6.92 Å². The molecule has 0 radical (unpaired) electrons. The molecule has 0 saturated carbocycles. The van der Waals surface area contributed by atoms with Crippen LogP contribution in [0.3, 0.4) is 0 Å². The van der Waals surface area contributed by atoms with E-state index >= 15 is 0 Å². The first-order chi connectivity index (χ1) is 8.60. The van der Waals surface area contributed by atoms with Crippen molar-refractivity contribution in [1.29, 1.82) is 0 Å². The van der Waals surface area contributed by atoms with Crippen molar-refractivity contribution in [3.63, 3.8) is 0 Å². The van der Waals surface area contributed by atoms with Crippen molar-refractivity contribution < 1.29 is 9.53 Å². The van der Waals surface area contributed by atoms with Gasteiger partial charge in [0.1, 0.15) is 0 Å². The summed E-state index contributed by atoms with van der Waals surface area (Å²) >= 11 is 0. The summed E-state index contributed by atoms with van der Waals surface area (Å²) < 4.78 is 5.68. The topological polar surface area (TPSA) is 58.8 Å². The van der Waals surface area contributed by atoms with Crippen molar-refractivity contribution >= 4 is 6.03 Å². The Hall–Kier alpha value is -0.810. The molecule has 104 valence electrons. The SMILES string of the molecule is CC1CCN(C(=O)N2CC(C)OC(CN)C2)CC1. The van der Waals surface area contributed by atoms with Gasteiger partial charge in [-0.25, -0.2) is 4.79 Å². The average molecular weight is 255 g/mol. The third-order valence-electron chi connectivity index (χ3n) is 3.91. The van der Waals surface area contributed by atoms with Crippen molar-refractivity contribution in [2.75, 3.05) is 32.7 Å². The van der Waals surface area contributed by atoms with Crippen LogP contribution in [0, 0.1) is 5.92 Å². The lowest BCUT2D eigenvalue weighted by Crippen LogP contribution is -2.55. The van der Waals surface area contributed by atoms with Crippen molar-refractivity contribution in [1.82, 2.24) is 9.80 Å². The molecule has 2 rings (SSSR count). The molecule has 0 aliphatic carbocycles. The van der Waals surface area contributed by atoms with Gasteiger partial charge in [-0.2, -0.15) is 0 Å². The lowest BCUT2D eigenvalue weighted by atomic mass is 9.99. The summed E-state index contributed by atoms with van der Waals surface area (Å²) in [6.45, 7) is 7.82. The van der Waals surface area contributed by atoms with Gasteiger partial charge in [0, 0.05) is 32.7 Å². The molecule has 2 aliphatic heterocycles. The van der Waals surface area contributed by atoms with E-state index in [1.807, 2.05) is 16.7 Å². The number of likely N-dealkylation sites (tertiary alicyclic amines) is 1. The number of carbonyl (C=O) groups is 1. The molecule has 5 nitrogen and oxygen atoms in total. The second-order valence-corrected chi connectivity index (χ2v) is 5.66. The van der Waals surface area contributed by atoms with Crippen LogP contribution >= 0.6 is 0 Å². The predicted molar refractivity (Wildman–Crippen MR) is 70.3 cm³/mol. The van der Waals surface area contributed by atoms with E-state index in [1.165, 1.54) is 0 Å². The van der Waals surface area contributed by atoms with Crippen LogP contribution in [0.25, 0.3) is 0 Å². The van der Waals surface area contributed by atoms with Gasteiger partial charge in [0.25, 0.3) is 0 Å². The highest BCUT2D eigenvalue weighted by Gasteiger charge is 2.31. The summed E-state index contributed by atoms with van der Waals surface area (Å²) in [6, 6.07) is 0.163. The number of hydrogen-bond acceptors (Lipinski definition) is 3. The summed E-state index contributed by atoms with van der Waals surface area (Å²) in [5.41, 5.74) is 5.65. The first kappa shape index (κ1) is 13.6. The number of nitrogens with zero attached hydrogens (tertiary/aromatic N) is 2. The van der Waals surface area contributed by atoms with E-state index < -0.39 is 0 Å². The molecule has 2 N–H and O–H groups in total. The summed E-state index contributed by atoms with van der Waals surface area (Å²) in [5, 5.41) is 0. The summed E-state index contributed by atoms with van der Waals surface area (Å²) in [5.74, 6) is 0.745. The molecule has 0 bridgehead atoms.